The summed E-state index contributed by atoms with van der Waals surface area (Å²) in [6, 6.07) is 5.09. The molecular formula is C15H22ClN3O. The van der Waals surface area contributed by atoms with Crippen LogP contribution in [0, 0.1) is 5.92 Å². The highest BCUT2D eigenvalue weighted by Gasteiger charge is 2.19. The number of carbonyl (C=O) groups is 1. The molecule has 0 spiro atoms. The fourth-order valence-electron chi connectivity index (χ4n) is 2.58. The Kier molecular flexibility index (Phi) is 5.26. The van der Waals surface area contributed by atoms with E-state index >= 15 is 0 Å². The highest BCUT2D eigenvalue weighted by molar-refractivity contribution is 6.31. The molecule has 1 aliphatic rings. The summed E-state index contributed by atoms with van der Waals surface area (Å²) in [4.78, 5) is 14.2. The maximum Gasteiger partial charge on any atom is 0.238 e. The van der Waals surface area contributed by atoms with Crippen molar-refractivity contribution in [3.05, 3.63) is 23.2 Å². The van der Waals surface area contributed by atoms with Crippen molar-refractivity contribution in [2.24, 2.45) is 5.92 Å². The summed E-state index contributed by atoms with van der Waals surface area (Å²) in [5.41, 5.74) is 6.94. The monoisotopic (exact) mass is 295 g/mol. The highest BCUT2D eigenvalue weighted by Crippen LogP contribution is 2.23. The number of benzene rings is 1. The molecule has 20 heavy (non-hydrogen) atoms. The van der Waals surface area contributed by atoms with E-state index in [1.54, 1.807) is 18.2 Å². The molecule has 1 aromatic carbocycles. The van der Waals surface area contributed by atoms with Gasteiger partial charge >= 0.3 is 0 Å². The van der Waals surface area contributed by atoms with Gasteiger partial charge in [0.2, 0.25) is 5.91 Å². The number of piperidine rings is 1. The number of nitrogens with one attached hydrogen (secondary N) is 1. The molecule has 0 atom stereocenters. The maximum atomic E-state index is 12.0. The number of nitrogens with two attached hydrogens (primary N) is 1. The lowest BCUT2D eigenvalue weighted by Gasteiger charge is -2.30. The van der Waals surface area contributed by atoms with Crippen LogP contribution in [0.25, 0.3) is 0 Å². The summed E-state index contributed by atoms with van der Waals surface area (Å²) in [5, 5.41) is 3.40. The van der Waals surface area contributed by atoms with E-state index in [1.165, 1.54) is 19.3 Å². The molecule has 1 fully saturated rings. The largest absolute Gasteiger partial charge is 0.397 e. The molecule has 0 unspecified atom stereocenters. The van der Waals surface area contributed by atoms with Crippen LogP contribution in [-0.4, -0.2) is 30.4 Å². The van der Waals surface area contributed by atoms with Gasteiger partial charge in [-0.2, -0.15) is 0 Å². The lowest BCUT2D eigenvalue weighted by Crippen LogP contribution is -2.39. The molecule has 5 heteroatoms. The minimum atomic E-state index is -0.0334. The number of halogens is 1. The third-order valence-electron chi connectivity index (χ3n) is 3.94. The van der Waals surface area contributed by atoms with Gasteiger partial charge in [0.05, 0.1) is 17.9 Å². The first-order chi connectivity index (χ1) is 9.58. The third kappa shape index (κ3) is 4.12. The van der Waals surface area contributed by atoms with Crippen molar-refractivity contribution in [2.75, 3.05) is 30.7 Å². The van der Waals surface area contributed by atoms with Crippen LogP contribution in [0.2, 0.25) is 5.02 Å². The van der Waals surface area contributed by atoms with Crippen molar-refractivity contribution in [3.63, 3.8) is 0 Å². The first-order valence-corrected chi connectivity index (χ1v) is 7.53. The summed E-state index contributed by atoms with van der Waals surface area (Å²) in [6.45, 7) is 4.64. The van der Waals surface area contributed by atoms with Gasteiger partial charge in [0, 0.05) is 5.02 Å². The second-order valence-electron chi connectivity index (χ2n) is 5.41. The number of likely N-dealkylation sites (tertiary alicyclic amines) is 1. The van der Waals surface area contributed by atoms with Gasteiger partial charge in [0.1, 0.15) is 0 Å². The second-order valence-corrected chi connectivity index (χ2v) is 5.84. The van der Waals surface area contributed by atoms with Crippen LogP contribution < -0.4 is 11.1 Å². The number of carbonyl (C=O) groups excluding carboxylic acids is 1. The van der Waals surface area contributed by atoms with Crippen molar-refractivity contribution in [2.45, 2.75) is 26.2 Å². The zero-order chi connectivity index (χ0) is 14.5. The zero-order valence-electron chi connectivity index (χ0n) is 11.9. The molecule has 0 bridgehead atoms. The molecule has 4 nitrogen and oxygen atoms in total. The molecule has 1 heterocycles. The number of hydrogen-bond acceptors (Lipinski definition) is 3. The Morgan fingerprint density at radius 1 is 1.45 bits per heavy atom. The van der Waals surface area contributed by atoms with Gasteiger partial charge in [-0.05, 0) is 50.0 Å². The van der Waals surface area contributed by atoms with Crippen molar-refractivity contribution >= 4 is 28.9 Å². The minimum Gasteiger partial charge on any atom is -0.397 e. The lowest BCUT2D eigenvalue weighted by atomic mass is 9.94. The number of hydrogen-bond donors (Lipinski definition) is 2. The highest BCUT2D eigenvalue weighted by atomic mass is 35.5. The standard InChI is InChI=1S/C15H22ClN3O/c1-2-11-5-7-19(8-6-11)10-15(20)18-14-9-12(16)3-4-13(14)17/h3-4,9,11H,2,5-8,10,17H2,1H3,(H,18,20). The molecular weight excluding hydrogens is 274 g/mol. The number of nitrogens with zero attached hydrogens (tertiary/aromatic N) is 1. The summed E-state index contributed by atoms with van der Waals surface area (Å²) >= 11 is 5.91. The predicted molar refractivity (Wildman–Crippen MR) is 83.9 cm³/mol. The summed E-state index contributed by atoms with van der Waals surface area (Å²) in [6.07, 6.45) is 3.60. The molecule has 2 rings (SSSR count). The van der Waals surface area contributed by atoms with Crippen LogP contribution >= 0.6 is 11.6 Å². The second kappa shape index (κ2) is 6.95. The molecule has 0 saturated carbocycles. The van der Waals surface area contributed by atoms with Gasteiger partial charge in [-0.1, -0.05) is 24.9 Å². The molecule has 1 amide bonds. The van der Waals surface area contributed by atoms with Crippen LogP contribution in [0.4, 0.5) is 11.4 Å². The first-order valence-electron chi connectivity index (χ1n) is 7.15. The number of nitrogen functional groups attached to an aromatic ring is 1. The quantitative estimate of drug-likeness (QED) is 0.840. The topological polar surface area (TPSA) is 58.4 Å². The SMILES string of the molecule is CCC1CCN(CC(=O)Nc2cc(Cl)ccc2N)CC1. The fourth-order valence-corrected chi connectivity index (χ4v) is 2.75. The van der Waals surface area contributed by atoms with E-state index in [-0.39, 0.29) is 5.91 Å². The molecule has 1 saturated heterocycles. The Labute approximate surface area is 125 Å². The number of amides is 1. The Balaban J connectivity index is 1.85. The van der Waals surface area contributed by atoms with Crippen LogP contribution in [0.15, 0.2) is 18.2 Å². The lowest BCUT2D eigenvalue weighted by molar-refractivity contribution is -0.117. The Hall–Kier alpha value is -1.26. The number of anilines is 2. The molecule has 1 aromatic rings. The van der Waals surface area contributed by atoms with Crippen molar-refractivity contribution in [1.82, 2.24) is 4.90 Å². The Bertz CT molecular complexity index is 470. The molecule has 0 aliphatic carbocycles. The Morgan fingerprint density at radius 3 is 2.80 bits per heavy atom. The molecule has 110 valence electrons. The predicted octanol–water partition coefficient (Wildman–Crippen LogP) is 2.98. The molecule has 0 radical (unpaired) electrons. The van der Waals surface area contributed by atoms with Gasteiger partial charge in [-0.25, -0.2) is 0 Å². The van der Waals surface area contributed by atoms with Gasteiger partial charge in [-0.3, -0.25) is 9.69 Å². The first kappa shape index (κ1) is 15.1. The van der Waals surface area contributed by atoms with Gasteiger partial charge in [-0.15, -0.1) is 0 Å². The van der Waals surface area contributed by atoms with E-state index in [0.717, 1.165) is 19.0 Å². The van der Waals surface area contributed by atoms with E-state index in [1.807, 2.05) is 0 Å². The van der Waals surface area contributed by atoms with E-state index in [4.69, 9.17) is 17.3 Å². The molecule has 1 aliphatic heterocycles. The van der Waals surface area contributed by atoms with E-state index in [0.29, 0.717) is 22.9 Å². The van der Waals surface area contributed by atoms with Crippen LogP contribution in [0.1, 0.15) is 26.2 Å². The van der Waals surface area contributed by atoms with Gasteiger partial charge in [0.15, 0.2) is 0 Å². The van der Waals surface area contributed by atoms with E-state index in [2.05, 4.69) is 17.1 Å². The van der Waals surface area contributed by atoms with Gasteiger partial charge in [0.25, 0.3) is 0 Å². The average Bonchev–Trinajstić information content (AvgIpc) is 2.43. The van der Waals surface area contributed by atoms with Crippen LogP contribution in [-0.2, 0) is 4.79 Å². The maximum absolute atomic E-state index is 12.0. The minimum absolute atomic E-state index is 0.0334. The smallest absolute Gasteiger partial charge is 0.238 e. The van der Waals surface area contributed by atoms with Crippen molar-refractivity contribution < 1.29 is 4.79 Å². The zero-order valence-corrected chi connectivity index (χ0v) is 12.6. The third-order valence-corrected chi connectivity index (χ3v) is 4.18. The summed E-state index contributed by atoms with van der Waals surface area (Å²) in [5.74, 6) is 0.784. The van der Waals surface area contributed by atoms with Crippen molar-refractivity contribution in [1.29, 1.82) is 0 Å². The van der Waals surface area contributed by atoms with Crippen molar-refractivity contribution in [3.8, 4) is 0 Å². The normalized spacial score (nSPS) is 17.1. The summed E-state index contributed by atoms with van der Waals surface area (Å²) in [7, 11) is 0. The molecule has 3 N–H and O–H groups in total. The van der Waals surface area contributed by atoms with Crippen LogP contribution in [0.3, 0.4) is 0 Å². The Morgan fingerprint density at radius 2 is 2.15 bits per heavy atom. The van der Waals surface area contributed by atoms with Gasteiger partial charge < -0.3 is 11.1 Å². The van der Waals surface area contributed by atoms with E-state index in [9.17, 15) is 4.79 Å². The number of rotatable bonds is 4. The summed E-state index contributed by atoms with van der Waals surface area (Å²) < 4.78 is 0. The average molecular weight is 296 g/mol. The fraction of sp³-hybridized carbons (Fsp3) is 0.533. The van der Waals surface area contributed by atoms with Crippen LogP contribution in [0.5, 0.6) is 0 Å². The molecule has 0 aromatic heterocycles. The van der Waals surface area contributed by atoms with E-state index < -0.39 is 0 Å².